The van der Waals surface area contributed by atoms with E-state index in [1.165, 1.54) is 0 Å². The fourth-order valence-corrected chi connectivity index (χ4v) is 2.00. The Morgan fingerprint density at radius 1 is 1.48 bits per heavy atom. The second-order valence-electron chi connectivity index (χ2n) is 4.97. The van der Waals surface area contributed by atoms with Gasteiger partial charge in [-0.15, -0.1) is 12.3 Å². The molecule has 0 spiro atoms. The summed E-state index contributed by atoms with van der Waals surface area (Å²) in [6, 6.07) is 1.11. The Morgan fingerprint density at radius 3 is 2.83 bits per heavy atom. The minimum absolute atomic E-state index is 0.0285. The van der Waals surface area contributed by atoms with Crippen molar-refractivity contribution in [3.8, 4) is 12.3 Å². The largest absolute Gasteiger partial charge is 0.448 e. The van der Waals surface area contributed by atoms with Crippen molar-refractivity contribution in [1.82, 2.24) is 9.78 Å². The van der Waals surface area contributed by atoms with Gasteiger partial charge in [0.05, 0.1) is 6.61 Å². The van der Waals surface area contributed by atoms with E-state index >= 15 is 0 Å². The average Bonchev–Trinajstić information content (AvgIpc) is 3.20. The number of nitrogens with one attached hydrogen (secondary N) is 2. The Morgan fingerprint density at radius 2 is 2.22 bits per heavy atom. The van der Waals surface area contributed by atoms with Gasteiger partial charge in [-0.2, -0.15) is 14.9 Å². The highest BCUT2D eigenvalue weighted by molar-refractivity contribution is 5.91. The van der Waals surface area contributed by atoms with Crippen LogP contribution in [0.5, 0.6) is 0 Å². The van der Waals surface area contributed by atoms with Crippen molar-refractivity contribution in [2.45, 2.75) is 38.3 Å². The molecule has 0 saturated carbocycles. The number of ether oxygens (including phenoxy) is 1. The van der Waals surface area contributed by atoms with Crippen LogP contribution in [0.1, 0.15) is 32.6 Å². The van der Waals surface area contributed by atoms with Gasteiger partial charge >= 0.3 is 6.09 Å². The van der Waals surface area contributed by atoms with Crippen LogP contribution in [0.15, 0.2) is 21.1 Å². The molecule has 1 aromatic rings. The zero-order chi connectivity index (χ0) is 16.9. The summed E-state index contributed by atoms with van der Waals surface area (Å²) in [5.74, 6) is 2.18. The van der Waals surface area contributed by atoms with Gasteiger partial charge in [-0.25, -0.2) is 4.79 Å². The van der Waals surface area contributed by atoms with Gasteiger partial charge in [0.25, 0.3) is 5.56 Å². The summed E-state index contributed by atoms with van der Waals surface area (Å²) in [6.45, 7) is 1.78. The Hall–Kier alpha value is -2.89. The first-order valence-corrected chi connectivity index (χ1v) is 7.16. The van der Waals surface area contributed by atoms with Crippen molar-refractivity contribution in [3.05, 3.63) is 16.4 Å². The van der Waals surface area contributed by atoms with Crippen LogP contribution in [-0.4, -0.2) is 34.1 Å². The quantitative estimate of drug-likeness (QED) is 0.740. The van der Waals surface area contributed by atoms with Crippen LogP contribution < -0.4 is 10.9 Å². The highest BCUT2D eigenvalue weighted by atomic mass is 16.6. The predicted octanol–water partition coefficient (Wildman–Crippen LogP) is 1.48. The molecule has 9 heteroatoms. The number of anilines is 1. The van der Waals surface area contributed by atoms with E-state index in [-0.39, 0.29) is 24.8 Å². The Balaban J connectivity index is 1.92. The summed E-state index contributed by atoms with van der Waals surface area (Å²) in [5, 5.41) is 12.6. The number of hydrogen-bond donors (Lipinski definition) is 2. The van der Waals surface area contributed by atoms with E-state index in [1.807, 2.05) is 0 Å². The molecule has 0 unspecified atom stereocenters. The molecule has 23 heavy (non-hydrogen) atoms. The van der Waals surface area contributed by atoms with Gasteiger partial charge in [0.15, 0.2) is 5.66 Å². The van der Waals surface area contributed by atoms with E-state index in [9.17, 15) is 14.4 Å². The SMILES string of the molecule is C#CCCC1(CCC(=O)Nc2cc(=O)[nH]n2C(=O)OCC)N=N1. The topological polar surface area (TPSA) is 118 Å². The highest BCUT2D eigenvalue weighted by Gasteiger charge is 2.39. The average molecular weight is 319 g/mol. The van der Waals surface area contributed by atoms with Gasteiger partial charge in [-0.05, 0) is 6.92 Å². The lowest BCUT2D eigenvalue weighted by Crippen LogP contribution is -2.23. The van der Waals surface area contributed by atoms with Crippen molar-refractivity contribution >= 4 is 17.8 Å². The van der Waals surface area contributed by atoms with Crippen LogP contribution in [0.25, 0.3) is 0 Å². The lowest BCUT2D eigenvalue weighted by Gasteiger charge is -2.10. The molecule has 0 radical (unpaired) electrons. The molecule has 1 aromatic heterocycles. The number of nitrogens with zero attached hydrogens (tertiary/aromatic N) is 3. The summed E-state index contributed by atoms with van der Waals surface area (Å²) in [7, 11) is 0. The van der Waals surface area contributed by atoms with Gasteiger partial charge < -0.3 is 10.1 Å². The Kier molecular flexibility index (Phi) is 4.95. The second-order valence-corrected chi connectivity index (χ2v) is 4.97. The van der Waals surface area contributed by atoms with Crippen LogP contribution in [0.2, 0.25) is 0 Å². The van der Waals surface area contributed by atoms with Crippen molar-refractivity contribution in [1.29, 1.82) is 0 Å². The number of aromatic amines is 1. The fourth-order valence-electron chi connectivity index (χ4n) is 2.00. The maximum Gasteiger partial charge on any atom is 0.434 e. The van der Waals surface area contributed by atoms with Crippen LogP contribution in [0.3, 0.4) is 0 Å². The summed E-state index contributed by atoms with van der Waals surface area (Å²) >= 11 is 0. The van der Waals surface area contributed by atoms with Crippen LogP contribution in [-0.2, 0) is 9.53 Å². The van der Waals surface area contributed by atoms with Crippen molar-refractivity contribution in [2.24, 2.45) is 10.2 Å². The molecule has 1 aliphatic heterocycles. The molecule has 0 fully saturated rings. The fraction of sp³-hybridized carbons (Fsp3) is 0.500. The number of terminal acetylenes is 1. The predicted molar refractivity (Wildman–Crippen MR) is 81.0 cm³/mol. The molecule has 2 rings (SSSR count). The van der Waals surface area contributed by atoms with Crippen LogP contribution in [0.4, 0.5) is 10.6 Å². The summed E-state index contributed by atoms with van der Waals surface area (Å²) in [4.78, 5) is 35.0. The van der Waals surface area contributed by atoms with E-state index in [0.717, 1.165) is 10.7 Å². The minimum Gasteiger partial charge on any atom is -0.448 e. The third-order valence-electron chi connectivity index (χ3n) is 3.25. The first-order chi connectivity index (χ1) is 11.0. The summed E-state index contributed by atoms with van der Waals surface area (Å²) < 4.78 is 5.64. The molecule has 0 atom stereocenters. The molecular weight excluding hydrogens is 302 g/mol. The second kappa shape index (κ2) is 6.91. The molecule has 0 bridgehead atoms. The zero-order valence-corrected chi connectivity index (χ0v) is 12.7. The normalized spacial score (nSPS) is 14.1. The molecule has 2 N–H and O–H groups in total. The van der Waals surface area contributed by atoms with Crippen molar-refractivity contribution in [2.75, 3.05) is 11.9 Å². The maximum absolute atomic E-state index is 12.0. The molecule has 9 nitrogen and oxygen atoms in total. The smallest absolute Gasteiger partial charge is 0.434 e. The van der Waals surface area contributed by atoms with Gasteiger partial charge in [0.1, 0.15) is 5.82 Å². The number of carbonyl (C=O) groups is 2. The van der Waals surface area contributed by atoms with Gasteiger partial charge in [-0.1, -0.05) is 0 Å². The monoisotopic (exact) mass is 319 g/mol. The molecule has 1 amide bonds. The van der Waals surface area contributed by atoms with Crippen molar-refractivity contribution < 1.29 is 14.3 Å². The first kappa shape index (κ1) is 16.5. The summed E-state index contributed by atoms with van der Waals surface area (Å²) in [5.41, 5.74) is -1.08. The number of hydrogen-bond acceptors (Lipinski definition) is 6. The standard InChI is InChI=1S/C14H17N5O4/c1-3-5-7-14(17-18-14)8-6-11(20)15-10-9-12(21)16-19(10)13(22)23-4-2/h1,9H,4-8H2,2H3,(H,15,20)(H,16,21). The molecule has 0 aliphatic carbocycles. The van der Waals surface area contributed by atoms with E-state index < -0.39 is 17.3 Å². The highest BCUT2D eigenvalue weighted by Crippen LogP contribution is 2.37. The lowest BCUT2D eigenvalue weighted by molar-refractivity contribution is -0.116. The first-order valence-electron chi connectivity index (χ1n) is 7.16. The number of amides is 1. The third-order valence-corrected chi connectivity index (χ3v) is 3.25. The molecule has 0 aromatic carbocycles. The molecule has 2 heterocycles. The molecule has 1 aliphatic rings. The number of aromatic nitrogens is 2. The number of carbonyl (C=O) groups excluding carboxylic acids is 2. The van der Waals surface area contributed by atoms with E-state index in [2.05, 4.69) is 26.6 Å². The lowest BCUT2D eigenvalue weighted by atomic mass is 10.0. The Bertz CT molecular complexity index is 718. The van der Waals surface area contributed by atoms with Gasteiger partial charge in [-0.3, -0.25) is 14.7 Å². The van der Waals surface area contributed by atoms with Crippen LogP contribution in [0, 0.1) is 12.3 Å². The van der Waals surface area contributed by atoms with Crippen LogP contribution >= 0.6 is 0 Å². The van der Waals surface area contributed by atoms with Gasteiger partial charge in [0, 0.05) is 31.7 Å². The molecule has 0 saturated heterocycles. The van der Waals surface area contributed by atoms with Crippen molar-refractivity contribution in [3.63, 3.8) is 0 Å². The minimum atomic E-state index is -0.775. The molecular formula is C14H17N5O4. The van der Waals surface area contributed by atoms with E-state index in [0.29, 0.717) is 19.3 Å². The zero-order valence-electron chi connectivity index (χ0n) is 12.7. The van der Waals surface area contributed by atoms with E-state index in [4.69, 9.17) is 11.2 Å². The van der Waals surface area contributed by atoms with Gasteiger partial charge in [0.2, 0.25) is 5.91 Å². The Labute approximate surface area is 132 Å². The molecule has 122 valence electrons. The maximum atomic E-state index is 12.0. The number of H-pyrrole nitrogens is 1. The number of rotatable bonds is 7. The van der Waals surface area contributed by atoms with E-state index in [1.54, 1.807) is 6.92 Å². The third kappa shape index (κ3) is 4.29. The summed E-state index contributed by atoms with van der Waals surface area (Å²) in [6.07, 6.45) is 6.13.